The van der Waals surface area contributed by atoms with Gasteiger partial charge in [-0.2, -0.15) is 0 Å². The van der Waals surface area contributed by atoms with Gasteiger partial charge in [0.25, 0.3) is 0 Å². The van der Waals surface area contributed by atoms with Crippen LogP contribution in [0.15, 0.2) is 48.4 Å². The van der Waals surface area contributed by atoms with Crippen LogP contribution in [0.4, 0.5) is 0 Å². The third-order valence-corrected chi connectivity index (χ3v) is 4.79. The van der Waals surface area contributed by atoms with E-state index >= 15 is 0 Å². The fourth-order valence-corrected chi connectivity index (χ4v) is 3.60. The Morgan fingerprint density at radius 2 is 2.08 bits per heavy atom. The van der Waals surface area contributed by atoms with Gasteiger partial charge in [-0.3, -0.25) is 0 Å². The normalized spacial score (nSPS) is 12.7. The lowest BCUT2D eigenvalue weighted by atomic mass is 10.2. The molecule has 6 nitrogen and oxygen atoms in total. The third kappa shape index (κ3) is 3.00. The zero-order chi connectivity index (χ0) is 17.9. The van der Waals surface area contributed by atoms with Gasteiger partial charge in [-0.15, -0.1) is 16.4 Å². The number of hydrogen-bond acceptors (Lipinski definition) is 6. The van der Waals surface area contributed by atoms with Gasteiger partial charge in [-0.05, 0) is 47.0 Å². The Balaban J connectivity index is 1.91. The number of H-pyrrole nitrogens is 1. The van der Waals surface area contributed by atoms with Crippen LogP contribution in [0.2, 0.25) is 0 Å². The summed E-state index contributed by atoms with van der Waals surface area (Å²) in [6.07, 6.45) is 3.89. The van der Waals surface area contributed by atoms with Gasteiger partial charge in [0, 0.05) is 15.5 Å². The van der Waals surface area contributed by atoms with Crippen LogP contribution in [0.1, 0.15) is 12.7 Å². The molecule has 0 aliphatic rings. The largest absolute Gasteiger partial charge is 0.438 e. The van der Waals surface area contributed by atoms with Gasteiger partial charge in [0.2, 0.25) is 5.88 Å². The molecule has 0 aliphatic carbocycles. The first kappa shape index (κ1) is 16.2. The van der Waals surface area contributed by atoms with Crippen molar-refractivity contribution in [3.05, 3.63) is 64.7 Å². The molecule has 4 aromatic rings. The first-order valence-corrected chi connectivity index (χ1v) is 8.85. The van der Waals surface area contributed by atoms with Crippen molar-refractivity contribution in [2.75, 3.05) is 0 Å². The van der Waals surface area contributed by atoms with E-state index in [4.69, 9.17) is 9.72 Å². The van der Waals surface area contributed by atoms with Crippen molar-refractivity contribution in [2.24, 2.45) is 0 Å². The number of aromatic amines is 1. The molecule has 0 atom stereocenters. The van der Waals surface area contributed by atoms with Crippen LogP contribution in [0.3, 0.4) is 0 Å². The fraction of sp³-hybridized carbons (Fsp3) is 0.0526. The molecule has 3 heterocycles. The van der Waals surface area contributed by atoms with E-state index < -0.39 is 0 Å². The molecule has 0 radical (unpaired) electrons. The molecule has 0 spiro atoms. The monoisotopic (exact) mass is 361 g/mol. The number of aromatic nitrogens is 5. The molecule has 0 saturated heterocycles. The molecule has 128 valence electrons. The molecule has 1 N–H and O–H groups in total. The molecule has 1 aromatic carbocycles. The van der Waals surface area contributed by atoms with E-state index in [2.05, 4.69) is 27.2 Å². The molecule has 26 heavy (non-hydrogen) atoms. The van der Waals surface area contributed by atoms with Gasteiger partial charge >= 0.3 is 0 Å². The van der Waals surface area contributed by atoms with Gasteiger partial charge in [-0.25, -0.2) is 10.1 Å². The summed E-state index contributed by atoms with van der Waals surface area (Å²) in [5, 5.41) is 18.6. The minimum Gasteiger partial charge on any atom is -0.438 e. The van der Waals surface area contributed by atoms with Gasteiger partial charge in [-0.1, -0.05) is 30.9 Å². The molecule has 3 aromatic heterocycles. The maximum atomic E-state index is 6.05. The van der Waals surface area contributed by atoms with Crippen molar-refractivity contribution in [3.8, 4) is 11.6 Å². The minimum absolute atomic E-state index is 0.505. The van der Waals surface area contributed by atoms with E-state index in [1.54, 1.807) is 11.3 Å². The quantitative estimate of drug-likeness (QED) is 0.605. The number of pyridine rings is 1. The zero-order valence-corrected chi connectivity index (χ0v) is 14.8. The first-order valence-electron chi connectivity index (χ1n) is 7.97. The van der Waals surface area contributed by atoms with E-state index in [1.165, 1.54) is 0 Å². The maximum Gasteiger partial charge on any atom is 0.228 e. The molecular formula is C19H15N5OS. The summed E-state index contributed by atoms with van der Waals surface area (Å²) >= 11 is 1.65. The van der Waals surface area contributed by atoms with E-state index in [0.717, 1.165) is 26.4 Å². The predicted octanol–water partition coefficient (Wildman–Crippen LogP) is 2.90. The van der Waals surface area contributed by atoms with Crippen molar-refractivity contribution < 1.29 is 4.74 Å². The number of para-hydroxylation sites is 1. The molecule has 0 amide bonds. The van der Waals surface area contributed by atoms with Crippen molar-refractivity contribution in [3.63, 3.8) is 0 Å². The number of allylic oxidation sites excluding steroid dienone is 1. The maximum absolute atomic E-state index is 6.05. The summed E-state index contributed by atoms with van der Waals surface area (Å²) in [7, 11) is 0. The summed E-state index contributed by atoms with van der Waals surface area (Å²) in [4.78, 5) is 4.74. The fourth-order valence-electron chi connectivity index (χ4n) is 2.63. The highest BCUT2D eigenvalue weighted by molar-refractivity contribution is 7.17. The minimum atomic E-state index is 0.505. The van der Waals surface area contributed by atoms with Crippen molar-refractivity contribution in [2.45, 2.75) is 6.92 Å². The highest BCUT2D eigenvalue weighted by atomic mass is 32.1. The lowest BCUT2D eigenvalue weighted by Gasteiger charge is -2.07. The molecule has 0 fully saturated rings. The lowest BCUT2D eigenvalue weighted by Crippen LogP contribution is -2.28. The first-order chi connectivity index (χ1) is 12.8. The van der Waals surface area contributed by atoms with Gasteiger partial charge in [0.05, 0.1) is 10.7 Å². The number of rotatable bonds is 4. The molecule has 7 heteroatoms. The Kier molecular flexibility index (Phi) is 4.28. The number of hydrogen-bond donors (Lipinski definition) is 1. The summed E-state index contributed by atoms with van der Waals surface area (Å²) in [6.45, 7) is 6.02. The van der Waals surface area contributed by atoms with E-state index in [-0.39, 0.29) is 0 Å². The molecular weight excluding hydrogens is 346 g/mol. The summed E-state index contributed by atoms with van der Waals surface area (Å²) in [5.74, 6) is 1.81. The van der Waals surface area contributed by atoms with Crippen LogP contribution in [0.5, 0.6) is 11.6 Å². The highest BCUT2D eigenvalue weighted by Crippen LogP contribution is 2.28. The van der Waals surface area contributed by atoms with E-state index in [9.17, 15) is 0 Å². The SMILES string of the molecule is C=C(/C=c1/nc(Oc2ccccc2)c2ccsc2/c1=C/C)c1nnn[nH]1. The molecule has 0 saturated carbocycles. The average Bonchev–Trinajstić information content (AvgIpc) is 3.35. The summed E-state index contributed by atoms with van der Waals surface area (Å²) < 4.78 is 7.16. The number of benzene rings is 1. The number of ether oxygens (including phenoxy) is 1. The van der Waals surface area contributed by atoms with Crippen LogP contribution in [0, 0.1) is 0 Å². The molecule has 0 bridgehead atoms. The second-order valence-corrected chi connectivity index (χ2v) is 6.42. The van der Waals surface area contributed by atoms with Crippen molar-refractivity contribution >= 4 is 39.1 Å². The van der Waals surface area contributed by atoms with Crippen LogP contribution >= 0.6 is 11.3 Å². The number of fused-ring (bicyclic) bond motifs is 1. The van der Waals surface area contributed by atoms with Crippen LogP contribution in [-0.4, -0.2) is 25.6 Å². The summed E-state index contributed by atoms with van der Waals surface area (Å²) in [5.41, 5.74) is 0.646. The Labute approximate surface area is 153 Å². The summed E-state index contributed by atoms with van der Waals surface area (Å²) in [6, 6.07) is 11.6. The molecule has 4 rings (SSSR count). The number of tetrazole rings is 1. The Bertz CT molecular complexity index is 1180. The smallest absolute Gasteiger partial charge is 0.228 e. The van der Waals surface area contributed by atoms with Crippen LogP contribution < -0.4 is 15.3 Å². The van der Waals surface area contributed by atoms with Crippen LogP contribution in [-0.2, 0) is 0 Å². The highest BCUT2D eigenvalue weighted by Gasteiger charge is 2.10. The van der Waals surface area contributed by atoms with Crippen molar-refractivity contribution in [1.82, 2.24) is 25.6 Å². The number of nitrogens with zero attached hydrogens (tertiary/aromatic N) is 4. The molecule has 0 aliphatic heterocycles. The second kappa shape index (κ2) is 6.89. The van der Waals surface area contributed by atoms with E-state index in [0.29, 0.717) is 17.3 Å². The van der Waals surface area contributed by atoms with Gasteiger partial charge in [0.1, 0.15) is 5.75 Å². The van der Waals surface area contributed by atoms with Gasteiger partial charge < -0.3 is 4.74 Å². The zero-order valence-electron chi connectivity index (χ0n) is 14.0. The second-order valence-electron chi connectivity index (χ2n) is 5.50. The molecule has 0 unspecified atom stereocenters. The number of nitrogens with one attached hydrogen (secondary N) is 1. The Morgan fingerprint density at radius 1 is 1.23 bits per heavy atom. The Hall–Kier alpha value is -3.32. The van der Waals surface area contributed by atoms with Crippen molar-refractivity contribution in [1.29, 1.82) is 0 Å². The number of thiophene rings is 1. The lowest BCUT2D eigenvalue weighted by molar-refractivity contribution is 0.468. The average molecular weight is 361 g/mol. The standard InChI is InChI=1S/C19H15N5OS/c1-3-14-16(11-12(2)18-21-23-24-22-18)20-19(15-9-10-26-17(14)15)25-13-7-5-4-6-8-13/h3-11H,2H2,1H3,(H,21,22,23,24)/b14-3+,16-11+. The Morgan fingerprint density at radius 3 is 2.81 bits per heavy atom. The van der Waals surface area contributed by atoms with E-state index in [1.807, 2.05) is 60.9 Å². The van der Waals surface area contributed by atoms with Crippen LogP contribution in [0.25, 0.3) is 27.8 Å². The topological polar surface area (TPSA) is 76.6 Å². The third-order valence-electron chi connectivity index (χ3n) is 3.85. The van der Waals surface area contributed by atoms with Gasteiger partial charge in [0.15, 0.2) is 5.82 Å². The predicted molar refractivity (Wildman–Crippen MR) is 103 cm³/mol.